The van der Waals surface area contributed by atoms with E-state index in [9.17, 15) is 8.42 Å². The summed E-state index contributed by atoms with van der Waals surface area (Å²) in [4.78, 5) is 3.88. The fourth-order valence-electron chi connectivity index (χ4n) is 1.98. The van der Waals surface area contributed by atoms with E-state index < -0.39 is 10.0 Å². The zero-order valence-electron chi connectivity index (χ0n) is 9.83. The maximum Gasteiger partial charge on any atom is 0.235 e. The van der Waals surface area contributed by atoms with Crippen molar-refractivity contribution in [2.75, 3.05) is 30.2 Å². The lowest BCUT2D eigenvalue weighted by atomic mass is 10.2. The van der Waals surface area contributed by atoms with Crippen molar-refractivity contribution < 1.29 is 8.42 Å². The number of hydrogen-bond acceptors (Lipinski definition) is 4. The molecule has 94 valence electrons. The molecule has 1 N–H and O–H groups in total. The van der Waals surface area contributed by atoms with E-state index in [0.717, 1.165) is 19.5 Å². The van der Waals surface area contributed by atoms with Crippen LogP contribution in [0.5, 0.6) is 0 Å². The predicted molar refractivity (Wildman–Crippen MR) is 67.4 cm³/mol. The number of nitrogens with zero attached hydrogens (tertiary/aromatic N) is 2. The number of aromatic nitrogens is 1. The number of hydrogen-bond donors (Lipinski definition) is 1. The smallest absolute Gasteiger partial charge is 0.235 e. The third-order valence-corrected chi connectivity index (χ3v) is 4.99. The fraction of sp³-hybridized carbons (Fsp3) is 0.545. The molecule has 1 aliphatic heterocycles. The molecule has 0 aromatic carbocycles. The highest BCUT2D eigenvalue weighted by Gasteiger charge is 2.25. The third-order valence-electron chi connectivity index (χ3n) is 3.05. The summed E-state index contributed by atoms with van der Waals surface area (Å²) in [5.41, 5.74) is 0.658. The zero-order valence-corrected chi connectivity index (χ0v) is 10.7. The minimum absolute atomic E-state index is 0.207. The van der Waals surface area contributed by atoms with Crippen molar-refractivity contribution in [1.29, 1.82) is 0 Å². The Labute approximate surface area is 102 Å². The van der Waals surface area contributed by atoms with Crippen LogP contribution in [0, 0.1) is 5.92 Å². The predicted octanol–water partition coefficient (Wildman–Crippen LogP) is 0.457. The van der Waals surface area contributed by atoms with E-state index in [0.29, 0.717) is 5.69 Å². The summed E-state index contributed by atoms with van der Waals surface area (Å²) < 4.78 is 25.7. The Morgan fingerprint density at radius 3 is 2.76 bits per heavy atom. The molecule has 0 amide bonds. The Hall–Kier alpha value is -1.14. The molecule has 2 rings (SSSR count). The SMILES string of the molecule is CN(c1ccncc1)S(=O)(=O)CC1CCNC1. The van der Waals surface area contributed by atoms with Gasteiger partial charge in [0.25, 0.3) is 0 Å². The van der Waals surface area contributed by atoms with Crippen LogP contribution in [0.1, 0.15) is 6.42 Å². The van der Waals surface area contributed by atoms with Gasteiger partial charge in [0.15, 0.2) is 0 Å². The summed E-state index contributed by atoms with van der Waals surface area (Å²) in [7, 11) is -1.64. The van der Waals surface area contributed by atoms with Gasteiger partial charge in [-0.2, -0.15) is 0 Å². The molecule has 0 saturated carbocycles. The highest BCUT2D eigenvalue weighted by molar-refractivity contribution is 7.92. The van der Waals surface area contributed by atoms with Gasteiger partial charge in [-0.15, -0.1) is 0 Å². The van der Waals surface area contributed by atoms with Gasteiger partial charge in [0.05, 0.1) is 11.4 Å². The molecular formula is C11H17N3O2S. The van der Waals surface area contributed by atoms with Crippen LogP contribution in [-0.2, 0) is 10.0 Å². The summed E-state index contributed by atoms with van der Waals surface area (Å²) in [6, 6.07) is 3.40. The molecule has 1 atom stereocenters. The van der Waals surface area contributed by atoms with E-state index in [1.807, 2.05) is 0 Å². The first kappa shape index (κ1) is 12.3. The van der Waals surface area contributed by atoms with Gasteiger partial charge in [-0.05, 0) is 37.6 Å². The molecule has 6 heteroatoms. The Kier molecular flexibility index (Phi) is 3.63. The second-order valence-corrected chi connectivity index (χ2v) is 6.36. The lowest BCUT2D eigenvalue weighted by Gasteiger charge is -2.21. The zero-order chi connectivity index (χ0) is 12.3. The molecule has 1 fully saturated rings. The van der Waals surface area contributed by atoms with Crippen molar-refractivity contribution in [2.24, 2.45) is 5.92 Å². The quantitative estimate of drug-likeness (QED) is 0.849. The number of nitrogens with one attached hydrogen (secondary N) is 1. The van der Waals surface area contributed by atoms with Crippen molar-refractivity contribution in [3.8, 4) is 0 Å². The average molecular weight is 255 g/mol. The molecule has 1 aromatic rings. The van der Waals surface area contributed by atoms with Crippen LogP contribution in [0.15, 0.2) is 24.5 Å². The van der Waals surface area contributed by atoms with Crippen LogP contribution in [0.3, 0.4) is 0 Å². The summed E-state index contributed by atoms with van der Waals surface area (Å²) in [5.74, 6) is 0.433. The molecule has 1 unspecified atom stereocenters. The molecule has 17 heavy (non-hydrogen) atoms. The Morgan fingerprint density at radius 1 is 1.47 bits per heavy atom. The van der Waals surface area contributed by atoms with E-state index in [1.54, 1.807) is 31.6 Å². The van der Waals surface area contributed by atoms with Gasteiger partial charge >= 0.3 is 0 Å². The van der Waals surface area contributed by atoms with Gasteiger partial charge in [-0.3, -0.25) is 9.29 Å². The van der Waals surface area contributed by atoms with Crippen LogP contribution < -0.4 is 9.62 Å². The van der Waals surface area contributed by atoms with Crippen molar-refractivity contribution in [2.45, 2.75) is 6.42 Å². The van der Waals surface area contributed by atoms with Crippen molar-refractivity contribution in [1.82, 2.24) is 10.3 Å². The summed E-state index contributed by atoms with van der Waals surface area (Å²) >= 11 is 0. The number of anilines is 1. The molecule has 5 nitrogen and oxygen atoms in total. The van der Waals surface area contributed by atoms with Gasteiger partial charge < -0.3 is 5.32 Å². The van der Waals surface area contributed by atoms with E-state index in [1.165, 1.54) is 4.31 Å². The van der Waals surface area contributed by atoms with Gasteiger partial charge in [0, 0.05) is 19.4 Å². The molecule has 0 bridgehead atoms. The molecule has 0 radical (unpaired) electrons. The van der Waals surface area contributed by atoms with E-state index in [-0.39, 0.29) is 11.7 Å². The van der Waals surface area contributed by atoms with E-state index in [4.69, 9.17) is 0 Å². The van der Waals surface area contributed by atoms with Crippen LogP contribution in [0.4, 0.5) is 5.69 Å². The van der Waals surface area contributed by atoms with Gasteiger partial charge in [-0.25, -0.2) is 8.42 Å². The van der Waals surface area contributed by atoms with E-state index >= 15 is 0 Å². The van der Waals surface area contributed by atoms with Gasteiger partial charge in [0.2, 0.25) is 10.0 Å². The first-order valence-electron chi connectivity index (χ1n) is 5.67. The third kappa shape index (κ3) is 2.95. The first-order valence-corrected chi connectivity index (χ1v) is 7.28. The van der Waals surface area contributed by atoms with Gasteiger partial charge in [-0.1, -0.05) is 0 Å². The largest absolute Gasteiger partial charge is 0.316 e. The summed E-state index contributed by atoms with van der Waals surface area (Å²) in [5, 5.41) is 3.18. The second-order valence-electron chi connectivity index (χ2n) is 4.31. The molecule has 0 aliphatic carbocycles. The highest BCUT2D eigenvalue weighted by atomic mass is 32.2. The highest BCUT2D eigenvalue weighted by Crippen LogP contribution is 2.18. The number of pyridine rings is 1. The second kappa shape index (κ2) is 5.01. The first-order chi connectivity index (χ1) is 8.09. The van der Waals surface area contributed by atoms with Crippen LogP contribution in [0.2, 0.25) is 0 Å². The summed E-state index contributed by atoms with van der Waals surface area (Å²) in [6.45, 7) is 1.71. The standard InChI is InChI=1S/C11H17N3O2S/c1-14(11-3-6-12-7-4-11)17(15,16)9-10-2-5-13-8-10/h3-4,6-7,10,13H,2,5,8-9H2,1H3. The van der Waals surface area contributed by atoms with Crippen molar-refractivity contribution in [3.05, 3.63) is 24.5 Å². The Balaban J connectivity index is 2.09. The lowest BCUT2D eigenvalue weighted by molar-refractivity contribution is 0.569. The lowest BCUT2D eigenvalue weighted by Crippen LogP contribution is -2.32. The van der Waals surface area contributed by atoms with Crippen LogP contribution in [-0.4, -0.2) is 39.3 Å². The minimum atomic E-state index is -3.23. The fourth-order valence-corrected chi connectivity index (χ4v) is 3.53. The number of rotatable bonds is 4. The van der Waals surface area contributed by atoms with Crippen LogP contribution in [0.25, 0.3) is 0 Å². The maximum atomic E-state index is 12.2. The molecular weight excluding hydrogens is 238 g/mol. The normalized spacial score (nSPS) is 20.4. The molecule has 1 aromatic heterocycles. The Morgan fingerprint density at radius 2 is 2.18 bits per heavy atom. The molecule has 0 spiro atoms. The average Bonchev–Trinajstić information content (AvgIpc) is 2.81. The minimum Gasteiger partial charge on any atom is -0.316 e. The van der Waals surface area contributed by atoms with Crippen LogP contribution >= 0.6 is 0 Å². The molecule has 1 saturated heterocycles. The topological polar surface area (TPSA) is 62.3 Å². The summed E-state index contributed by atoms with van der Waals surface area (Å²) in [6.07, 6.45) is 4.13. The number of sulfonamides is 1. The van der Waals surface area contributed by atoms with Crippen molar-refractivity contribution >= 4 is 15.7 Å². The van der Waals surface area contributed by atoms with E-state index in [2.05, 4.69) is 10.3 Å². The van der Waals surface area contributed by atoms with Crippen molar-refractivity contribution in [3.63, 3.8) is 0 Å². The molecule has 1 aliphatic rings. The Bertz CT molecular complexity index is 455. The monoisotopic (exact) mass is 255 g/mol. The molecule has 2 heterocycles. The maximum absolute atomic E-state index is 12.2. The van der Waals surface area contributed by atoms with Gasteiger partial charge in [0.1, 0.15) is 0 Å².